The lowest BCUT2D eigenvalue weighted by atomic mass is 10.0. The third kappa shape index (κ3) is 2.88. The molecule has 2 aliphatic heterocycles. The van der Waals surface area contributed by atoms with Crippen molar-refractivity contribution in [3.8, 4) is 5.75 Å². The van der Waals surface area contributed by atoms with E-state index >= 15 is 0 Å². The first-order valence-corrected chi connectivity index (χ1v) is 6.64. The first-order valence-electron chi connectivity index (χ1n) is 6.64. The largest absolute Gasteiger partial charge is 0.491 e. The van der Waals surface area contributed by atoms with Gasteiger partial charge in [-0.15, -0.1) is 0 Å². The first-order chi connectivity index (χ1) is 9.14. The average Bonchev–Trinajstić information content (AvgIpc) is 2.72. The minimum Gasteiger partial charge on any atom is -0.491 e. The minimum atomic E-state index is -0.530. The second-order valence-electron chi connectivity index (χ2n) is 5.33. The molecule has 2 fully saturated rings. The Morgan fingerprint density at radius 1 is 1.32 bits per heavy atom. The molecule has 0 saturated carbocycles. The summed E-state index contributed by atoms with van der Waals surface area (Å²) >= 11 is 0. The zero-order valence-electron chi connectivity index (χ0n) is 11.2. The van der Waals surface area contributed by atoms with Gasteiger partial charge in [0.15, 0.2) is 5.79 Å². The van der Waals surface area contributed by atoms with Crippen molar-refractivity contribution < 1.29 is 18.9 Å². The molecule has 0 unspecified atom stereocenters. The highest BCUT2D eigenvalue weighted by Gasteiger charge is 2.47. The Morgan fingerprint density at radius 2 is 2.11 bits per heavy atom. The topological polar surface area (TPSA) is 49.8 Å². The number of hydrogen-bond donors (Lipinski definition) is 0. The molecule has 3 atom stereocenters. The zero-order valence-corrected chi connectivity index (χ0v) is 11.2. The Labute approximate surface area is 112 Å². The average molecular weight is 265 g/mol. The molecule has 0 bridgehead atoms. The van der Waals surface area contributed by atoms with E-state index < -0.39 is 5.79 Å². The summed E-state index contributed by atoms with van der Waals surface area (Å²) in [5.41, 5.74) is 0. The monoisotopic (exact) mass is 265 g/mol. The van der Waals surface area contributed by atoms with Crippen LogP contribution in [0.2, 0.25) is 0 Å². The van der Waals surface area contributed by atoms with Crippen LogP contribution in [0.1, 0.15) is 20.3 Å². The van der Waals surface area contributed by atoms with Crippen molar-refractivity contribution in [1.82, 2.24) is 4.98 Å². The molecule has 0 amide bonds. The molecule has 0 aromatic carbocycles. The number of rotatable bonds is 3. The molecule has 104 valence electrons. The van der Waals surface area contributed by atoms with Crippen molar-refractivity contribution in [3.63, 3.8) is 0 Å². The third-order valence-electron chi connectivity index (χ3n) is 3.39. The van der Waals surface area contributed by atoms with Gasteiger partial charge in [-0.3, -0.25) is 4.98 Å². The molecule has 2 aliphatic rings. The molecule has 3 rings (SSSR count). The van der Waals surface area contributed by atoms with Crippen LogP contribution in [0.5, 0.6) is 5.75 Å². The molecular weight excluding hydrogens is 246 g/mol. The van der Waals surface area contributed by atoms with Crippen molar-refractivity contribution in [2.75, 3.05) is 13.2 Å². The number of ether oxygens (including phenoxy) is 4. The van der Waals surface area contributed by atoms with Crippen LogP contribution >= 0.6 is 0 Å². The fourth-order valence-electron chi connectivity index (χ4n) is 2.59. The predicted octanol–water partition coefficient (Wildman–Crippen LogP) is 1.77. The number of aromatic nitrogens is 1. The van der Waals surface area contributed by atoms with Gasteiger partial charge in [0, 0.05) is 19.0 Å². The maximum absolute atomic E-state index is 5.91. The number of pyridine rings is 1. The van der Waals surface area contributed by atoms with Crippen LogP contribution < -0.4 is 4.74 Å². The fraction of sp³-hybridized carbons (Fsp3) is 0.643. The van der Waals surface area contributed by atoms with Crippen LogP contribution in [-0.2, 0) is 14.2 Å². The van der Waals surface area contributed by atoms with Gasteiger partial charge in [0.25, 0.3) is 0 Å². The van der Waals surface area contributed by atoms with Gasteiger partial charge in [-0.25, -0.2) is 0 Å². The lowest BCUT2D eigenvalue weighted by molar-refractivity contribution is -0.156. The third-order valence-corrected chi connectivity index (χ3v) is 3.39. The van der Waals surface area contributed by atoms with E-state index in [1.165, 1.54) is 0 Å². The van der Waals surface area contributed by atoms with E-state index in [1.54, 1.807) is 12.4 Å². The highest BCUT2D eigenvalue weighted by molar-refractivity contribution is 5.16. The Morgan fingerprint density at radius 3 is 2.89 bits per heavy atom. The van der Waals surface area contributed by atoms with Crippen molar-refractivity contribution in [3.05, 3.63) is 24.5 Å². The highest BCUT2D eigenvalue weighted by atomic mass is 16.8. The quantitative estimate of drug-likeness (QED) is 0.833. The van der Waals surface area contributed by atoms with Gasteiger partial charge in [-0.1, -0.05) is 0 Å². The van der Waals surface area contributed by atoms with Gasteiger partial charge < -0.3 is 18.9 Å². The van der Waals surface area contributed by atoms with Crippen LogP contribution in [0.15, 0.2) is 24.5 Å². The molecule has 3 heterocycles. The SMILES string of the molecule is CC1(C)O[C@H]2[C@@H](COc3ccncc3)OCC[C@H]2O1. The van der Waals surface area contributed by atoms with E-state index in [1.807, 2.05) is 26.0 Å². The smallest absolute Gasteiger partial charge is 0.163 e. The molecule has 5 nitrogen and oxygen atoms in total. The molecule has 19 heavy (non-hydrogen) atoms. The van der Waals surface area contributed by atoms with Crippen molar-refractivity contribution >= 4 is 0 Å². The van der Waals surface area contributed by atoms with Crippen LogP contribution in [0.4, 0.5) is 0 Å². The standard InChI is InChI=1S/C14H19NO4/c1-14(2)18-11-5-8-16-12(13(11)19-14)9-17-10-3-6-15-7-4-10/h3-4,6-7,11-13H,5,8-9H2,1-2H3/t11-,12-,13-/m1/s1. The van der Waals surface area contributed by atoms with Gasteiger partial charge in [-0.2, -0.15) is 0 Å². The number of fused-ring (bicyclic) bond motifs is 1. The molecule has 2 saturated heterocycles. The molecule has 1 aromatic rings. The Balaban J connectivity index is 1.61. The summed E-state index contributed by atoms with van der Waals surface area (Å²) in [6.07, 6.45) is 4.25. The fourth-order valence-corrected chi connectivity index (χ4v) is 2.59. The zero-order chi connectivity index (χ0) is 13.3. The number of hydrogen-bond acceptors (Lipinski definition) is 5. The Bertz CT molecular complexity index is 423. The van der Waals surface area contributed by atoms with E-state index in [0.717, 1.165) is 12.2 Å². The summed E-state index contributed by atoms with van der Waals surface area (Å²) in [6, 6.07) is 3.66. The Kier molecular flexibility index (Phi) is 3.43. The van der Waals surface area contributed by atoms with Crippen LogP contribution in [-0.4, -0.2) is 42.3 Å². The lowest BCUT2D eigenvalue weighted by Gasteiger charge is -2.31. The summed E-state index contributed by atoms with van der Waals surface area (Å²) in [4.78, 5) is 3.96. The Hall–Kier alpha value is -1.17. The minimum absolute atomic E-state index is 0.0504. The molecule has 0 aliphatic carbocycles. The highest BCUT2D eigenvalue weighted by Crippen LogP contribution is 2.35. The molecule has 1 aromatic heterocycles. The summed E-state index contributed by atoms with van der Waals surface area (Å²) < 4.78 is 23.3. The van der Waals surface area contributed by atoms with Gasteiger partial charge in [-0.05, 0) is 32.4 Å². The summed E-state index contributed by atoms with van der Waals surface area (Å²) in [5, 5.41) is 0. The number of nitrogens with zero attached hydrogens (tertiary/aromatic N) is 1. The molecule has 0 radical (unpaired) electrons. The van der Waals surface area contributed by atoms with E-state index in [-0.39, 0.29) is 18.3 Å². The molecular formula is C14H19NO4. The summed E-state index contributed by atoms with van der Waals surface area (Å²) in [6.45, 7) is 5.02. The van der Waals surface area contributed by atoms with E-state index in [2.05, 4.69) is 4.98 Å². The summed E-state index contributed by atoms with van der Waals surface area (Å²) in [7, 11) is 0. The van der Waals surface area contributed by atoms with Crippen molar-refractivity contribution in [1.29, 1.82) is 0 Å². The van der Waals surface area contributed by atoms with Crippen LogP contribution in [0.3, 0.4) is 0 Å². The molecule has 5 heteroatoms. The molecule has 0 N–H and O–H groups in total. The van der Waals surface area contributed by atoms with Gasteiger partial charge in [0.1, 0.15) is 24.6 Å². The maximum atomic E-state index is 5.91. The van der Waals surface area contributed by atoms with Crippen molar-refractivity contribution in [2.45, 2.75) is 44.4 Å². The van der Waals surface area contributed by atoms with Gasteiger partial charge in [0.2, 0.25) is 0 Å². The van der Waals surface area contributed by atoms with Crippen LogP contribution in [0, 0.1) is 0 Å². The first kappa shape index (κ1) is 12.8. The molecule has 0 spiro atoms. The summed E-state index contributed by atoms with van der Waals surface area (Å²) in [5.74, 6) is 0.261. The normalized spacial score (nSPS) is 32.8. The van der Waals surface area contributed by atoms with Crippen molar-refractivity contribution in [2.24, 2.45) is 0 Å². The van der Waals surface area contributed by atoms with E-state index in [4.69, 9.17) is 18.9 Å². The van der Waals surface area contributed by atoms with Crippen LogP contribution in [0.25, 0.3) is 0 Å². The second kappa shape index (κ2) is 5.07. The predicted molar refractivity (Wildman–Crippen MR) is 67.9 cm³/mol. The van der Waals surface area contributed by atoms with E-state index in [0.29, 0.717) is 13.2 Å². The van der Waals surface area contributed by atoms with Gasteiger partial charge >= 0.3 is 0 Å². The lowest BCUT2D eigenvalue weighted by Crippen LogP contribution is -2.45. The van der Waals surface area contributed by atoms with E-state index in [9.17, 15) is 0 Å². The maximum Gasteiger partial charge on any atom is 0.163 e. The second-order valence-corrected chi connectivity index (χ2v) is 5.33. The van der Waals surface area contributed by atoms with Gasteiger partial charge in [0.05, 0.1) is 6.10 Å².